The number of halogens is 2. The van der Waals surface area contributed by atoms with Crippen LogP contribution in [0.5, 0.6) is 0 Å². The van der Waals surface area contributed by atoms with Crippen LogP contribution in [-0.4, -0.2) is 48.7 Å². The van der Waals surface area contributed by atoms with E-state index in [9.17, 15) is 0 Å². The Bertz CT molecular complexity index is 24.5. The van der Waals surface area contributed by atoms with E-state index in [1.807, 2.05) is 0 Å². The van der Waals surface area contributed by atoms with Gasteiger partial charge in [0.1, 0.15) is 0 Å². The molecule has 7 heavy (non-hydrogen) atoms. The fourth-order valence-electron chi connectivity index (χ4n) is 0. The summed E-state index contributed by atoms with van der Waals surface area (Å²) in [4.78, 5) is 0. The van der Waals surface area contributed by atoms with Crippen LogP contribution >= 0.6 is 24.8 Å². The second-order valence-corrected chi connectivity index (χ2v) is 0. The molecule has 0 saturated heterocycles. The molecule has 0 amide bonds. The third-order valence-corrected chi connectivity index (χ3v) is 0. The summed E-state index contributed by atoms with van der Waals surface area (Å²) in [6.07, 6.45) is 0. The van der Waals surface area contributed by atoms with Gasteiger partial charge in [0.15, 0.2) is 0 Å². The molecule has 0 unspecified atom stereocenters. The molecule has 4 N–H and O–H groups in total. The minimum absolute atomic E-state index is 0. The van der Waals surface area contributed by atoms with E-state index in [4.69, 9.17) is 0 Å². The minimum Gasteiger partial charge on any atom is -1.00 e. The van der Waals surface area contributed by atoms with Crippen LogP contribution in [0.15, 0.2) is 0 Å². The van der Waals surface area contributed by atoms with Crippen molar-refractivity contribution < 1.29 is 61.3 Å². The largest absolute Gasteiger partial charge is 2.00 e. The molecule has 0 aromatic carbocycles. The van der Waals surface area contributed by atoms with Gasteiger partial charge in [-0.1, -0.05) is 0 Å². The summed E-state index contributed by atoms with van der Waals surface area (Å²) in [6.45, 7) is 0. The van der Waals surface area contributed by atoms with Gasteiger partial charge in [0.2, 0.25) is 0 Å². The summed E-state index contributed by atoms with van der Waals surface area (Å²) >= 11 is 0. The summed E-state index contributed by atoms with van der Waals surface area (Å²) in [5, 5.41) is 0. The van der Waals surface area contributed by atoms with E-state index in [1.165, 1.54) is 0 Å². The van der Waals surface area contributed by atoms with Crippen LogP contribution in [0.25, 0.3) is 0 Å². The summed E-state index contributed by atoms with van der Waals surface area (Å²) in [7, 11) is 0. The fraction of sp³-hybridized carbons (Fsp3) is 0. The Morgan fingerprint density at radius 3 is 0.857 bits per heavy atom. The van der Waals surface area contributed by atoms with Crippen LogP contribution in [0.2, 0.25) is 0 Å². The Hall–Kier alpha value is 3.25. The first-order valence-corrected chi connectivity index (χ1v) is 0. The molecule has 0 bridgehead atoms. The van der Waals surface area contributed by atoms with E-state index in [0.717, 1.165) is 0 Å². The molecule has 0 aliphatic rings. The van der Waals surface area contributed by atoms with Crippen LogP contribution in [0.3, 0.4) is 0 Å². The van der Waals surface area contributed by atoms with Crippen molar-refractivity contribution in [2.75, 3.05) is 0 Å². The quantitative estimate of drug-likeness (QED) is 0.385. The maximum atomic E-state index is 0. The normalized spacial score (nSPS) is 0. The fourth-order valence-corrected chi connectivity index (χ4v) is 0. The van der Waals surface area contributed by atoms with Gasteiger partial charge < -0.3 is 15.2 Å². The molecule has 0 radical (unpaired) electrons. The van der Waals surface area contributed by atoms with Crippen LogP contribution in [0, 0.1) is 0 Å². The van der Waals surface area contributed by atoms with Gasteiger partial charge in [0.05, 0.1) is 0 Å². The molecule has 7 heteroatoms. The third kappa shape index (κ3) is 46.0. The molecule has 0 aromatic heterocycles. The number of hydrogen-bond acceptors (Lipinski definition) is 0. The van der Waals surface area contributed by atoms with Gasteiger partial charge in [0.25, 0.3) is 0 Å². The van der Waals surface area contributed by atoms with E-state index >= 15 is 0 Å². The van der Waals surface area contributed by atoms with E-state index in [2.05, 4.69) is 0 Å². The number of rotatable bonds is 0. The molecule has 0 spiro atoms. The summed E-state index contributed by atoms with van der Waals surface area (Å²) in [5.41, 5.74) is 0. The molecule has 0 aliphatic carbocycles. The number of hydrogen-bond donors (Lipinski definition) is 0. The second kappa shape index (κ2) is 59.6. The molecule has 0 aliphatic heterocycles. The van der Waals surface area contributed by atoms with Gasteiger partial charge >= 0.3 is 67.3 Å². The third-order valence-electron chi connectivity index (χ3n) is 0. The van der Waals surface area contributed by atoms with Gasteiger partial charge in [-0.05, 0) is 0 Å². The minimum atomic E-state index is 0. The molecule has 0 atom stereocenters. The standard InChI is InChI=1S/Ca.2ClH.Na.Ni.2H2O.3H/h;2*1H;;;2*1H2;;;/q+2;;;+1;;;;3*-1. The summed E-state index contributed by atoms with van der Waals surface area (Å²) < 4.78 is 0. The molecule has 0 rings (SSSR count). The average Bonchev–Trinajstić information content (AvgIpc) is 0. The van der Waals surface area contributed by atoms with Gasteiger partial charge in [-0.15, -0.1) is 24.8 Å². The Kier molecular flexibility index (Phi) is 706. The van der Waals surface area contributed by atoms with Gasteiger partial charge in [-0.2, -0.15) is 0 Å². The monoisotopic (exact) mass is 232 g/mol. The Morgan fingerprint density at radius 1 is 0.857 bits per heavy atom. The zero-order valence-electron chi connectivity index (χ0n) is 6.84. The van der Waals surface area contributed by atoms with E-state index in [-0.39, 0.29) is 124 Å². The average molecular weight is 234 g/mol. The van der Waals surface area contributed by atoms with Crippen molar-refractivity contribution >= 4 is 62.6 Å². The Morgan fingerprint density at radius 2 is 0.857 bits per heavy atom. The zero-order valence-corrected chi connectivity index (χ0v) is 10.7. The molecule has 0 aromatic rings. The van der Waals surface area contributed by atoms with Crippen molar-refractivity contribution in [1.82, 2.24) is 0 Å². The molecule has 0 fully saturated rings. The van der Waals surface area contributed by atoms with Crippen molar-refractivity contribution in [1.29, 1.82) is 0 Å². The smallest absolute Gasteiger partial charge is 1.00 e. The topological polar surface area (TPSA) is 63.0 Å². The summed E-state index contributed by atoms with van der Waals surface area (Å²) in [6, 6.07) is 0. The maximum Gasteiger partial charge on any atom is 2.00 e. The molecule has 0 saturated carbocycles. The predicted molar refractivity (Wildman–Crippen MR) is 30.8 cm³/mol. The van der Waals surface area contributed by atoms with Gasteiger partial charge in [0, 0.05) is 16.5 Å². The SMILES string of the molecule is Cl.Cl.O.O.[Ca+2].[H-].[H-].[H-].[Na+].[Ni]. The van der Waals surface area contributed by atoms with Crippen molar-refractivity contribution in [3.8, 4) is 0 Å². The van der Waals surface area contributed by atoms with E-state index in [1.54, 1.807) is 0 Å². The van der Waals surface area contributed by atoms with Crippen LogP contribution in [-0.2, 0) is 16.5 Å². The van der Waals surface area contributed by atoms with Gasteiger partial charge in [-0.3, -0.25) is 0 Å². The van der Waals surface area contributed by atoms with Crippen molar-refractivity contribution in [3.63, 3.8) is 0 Å². The molecular formula is H9CaCl2NaNiO2. The van der Waals surface area contributed by atoms with Crippen LogP contribution < -0.4 is 29.6 Å². The first-order valence-electron chi connectivity index (χ1n) is 0. The van der Waals surface area contributed by atoms with Crippen LogP contribution in [0.4, 0.5) is 0 Å². The summed E-state index contributed by atoms with van der Waals surface area (Å²) in [5.74, 6) is 0. The first-order chi connectivity index (χ1) is 0. The Labute approximate surface area is 122 Å². The van der Waals surface area contributed by atoms with E-state index < -0.39 is 0 Å². The second-order valence-electron chi connectivity index (χ2n) is 0. The Balaban J connectivity index is 0. The molecule has 48 valence electrons. The van der Waals surface area contributed by atoms with Gasteiger partial charge in [-0.25, -0.2) is 0 Å². The molecule has 2 nitrogen and oxygen atoms in total. The zero-order chi connectivity index (χ0) is 0. The maximum absolute atomic E-state index is 0. The molecule has 0 heterocycles. The van der Waals surface area contributed by atoms with E-state index in [0.29, 0.717) is 0 Å². The van der Waals surface area contributed by atoms with Crippen LogP contribution in [0.1, 0.15) is 4.28 Å². The first kappa shape index (κ1) is 82.9. The predicted octanol–water partition coefficient (Wildman–Crippen LogP) is -3.85. The van der Waals surface area contributed by atoms with Crippen molar-refractivity contribution in [2.24, 2.45) is 0 Å². The van der Waals surface area contributed by atoms with Crippen molar-refractivity contribution in [2.45, 2.75) is 0 Å². The molecular weight excluding hydrogens is 225 g/mol. The van der Waals surface area contributed by atoms with Crippen molar-refractivity contribution in [3.05, 3.63) is 0 Å².